The van der Waals surface area contributed by atoms with E-state index in [0.717, 1.165) is 76.5 Å². The van der Waals surface area contributed by atoms with Crippen molar-refractivity contribution in [2.75, 3.05) is 39.3 Å². The highest BCUT2D eigenvalue weighted by Gasteiger charge is 2.31. The largest absolute Gasteiger partial charge is 0.340 e. The summed E-state index contributed by atoms with van der Waals surface area (Å²) in [5.74, 6) is 1.72. The van der Waals surface area contributed by atoms with Crippen LogP contribution in [0.1, 0.15) is 39.4 Å². The molecule has 2 saturated heterocycles. The molecule has 2 aliphatic heterocycles. The Balaban J connectivity index is 1.31. The molecule has 0 N–H and O–H groups in total. The van der Waals surface area contributed by atoms with Crippen molar-refractivity contribution in [2.24, 2.45) is 5.92 Å². The molecule has 0 radical (unpaired) electrons. The summed E-state index contributed by atoms with van der Waals surface area (Å²) in [6.07, 6.45) is 1.94. The van der Waals surface area contributed by atoms with E-state index in [1.807, 2.05) is 0 Å². The normalized spacial score (nSPS) is 20.1. The van der Waals surface area contributed by atoms with Crippen LogP contribution in [0.3, 0.4) is 0 Å². The predicted octanol–water partition coefficient (Wildman–Crippen LogP) is 2.82. The minimum atomic E-state index is 0.196. The van der Waals surface area contributed by atoms with E-state index >= 15 is 0 Å². The van der Waals surface area contributed by atoms with Gasteiger partial charge in [-0.3, -0.25) is 14.6 Å². The fourth-order valence-electron chi connectivity index (χ4n) is 4.85. The number of nitrogens with zero attached hydrogens (tertiary/aromatic N) is 5. The highest BCUT2D eigenvalue weighted by Crippen LogP contribution is 2.23. The molecular weight excluding hydrogens is 362 g/mol. The first-order chi connectivity index (χ1) is 14.1. The SMILES string of the molecule is CCn1c(CN2CCC(C(=O)N3CCN(C(C)C)CC3)CC2)nc2ccccc21. The Morgan fingerprint density at radius 2 is 1.76 bits per heavy atom. The Morgan fingerprint density at radius 1 is 1.07 bits per heavy atom. The zero-order valence-corrected chi connectivity index (χ0v) is 18.2. The quantitative estimate of drug-likeness (QED) is 0.778. The lowest BCUT2D eigenvalue weighted by molar-refractivity contribution is -0.139. The van der Waals surface area contributed by atoms with Gasteiger partial charge in [-0.25, -0.2) is 4.98 Å². The van der Waals surface area contributed by atoms with Crippen LogP contribution in [0, 0.1) is 5.92 Å². The molecule has 6 nitrogen and oxygen atoms in total. The summed E-state index contributed by atoms with van der Waals surface area (Å²) >= 11 is 0. The van der Waals surface area contributed by atoms with Gasteiger partial charge >= 0.3 is 0 Å². The second kappa shape index (κ2) is 8.84. The Kier molecular flexibility index (Phi) is 6.20. The van der Waals surface area contributed by atoms with E-state index < -0.39 is 0 Å². The van der Waals surface area contributed by atoms with Gasteiger partial charge < -0.3 is 9.47 Å². The smallest absolute Gasteiger partial charge is 0.225 e. The predicted molar refractivity (Wildman–Crippen MR) is 117 cm³/mol. The van der Waals surface area contributed by atoms with E-state index in [1.165, 1.54) is 5.52 Å². The first kappa shape index (κ1) is 20.4. The maximum absolute atomic E-state index is 13.0. The van der Waals surface area contributed by atoms with Crippen molar-refractivity contribution in [2.45, 2.75) is 52.7 Å². The standard InChI is InChI=1S/C23H35N5O/c1-4-28-21-8-6-5-7-20(21)24-22(28)17-25-11-9-19(10-12-25)23(29)27-15-13-26(14-16-27)18(2)3/h5-8,18-19H,4,9-17H2,1-3H3. The second-order valence-electron chi connectivity index (χ2n) is 8.77. The van der Waals surface area contributed by atoms with Crippen LogP contribution in [-0.2, 0) is 17.9 Å². The van der Waals surface area contributed by atoms with Crippen molar-refractivity contribution in [1.29, 1.82) is 0 Å². The lowest BCUT2D eigenvalue weighted by Gasteiger charge is -2.39. The number of aryl methyl sites for hydroxylation is 1. The molecule has 0 bridgehead atoms. The molecule has 1 aromatic heterocycles. The van der Waals surface area contributed by atoms with Crippen molar-refractivity contribution in [3.05, 3.63) is 30.1 Å². The summed E-state index contributed by atoms with van der Waals surface area (Å²) < 4.78 is 2.32. The average molecular weight is 398 g/mol. The van der Waals surface area contributed by atoms with Gasteiger partial charge in [-0.05, 0) is 58.8 Å². The van der Waals surface area contributed by atoms with Gasteiger partial charge in [0, 0.05) is 44.7 Å². The summed E-state index contributed by atoms with van der Waals surface area (Å²) in [5, 5.41) is 0. The summed E-state index contributed by atoms with van der Waals surface area (Å²) in [4.78, 5) is 24.9. The van der Waals surface area contributed by atoms with E-state index in [1.54, 1.807) is 0 Å². The van der Waals surface area contributed by atoms with Gasteiger partial charge in [-0.2, -0.15) is 0 Å². The first-order valence-corrected chi connectivity index (χ1v) is 11.3. The average Bonchev–Trinajstić information content (AvgIpc) is 3.10. The Morgan fingerprint density at radius 3 is 2.41 bits per heavy atom. The van der Waals surface area contributed by atoms with E-state index in [-0.39, 0.29) is 5.92 Å². The molecule has 6 heteroatoms. The number of piperidine rings is 1. The number of hydrogen-bond acceptors (Lipinski definition) is 4. The number of benzene rings is 1. The maximum Gasteiger partial charge on any atom is 0.225 e. The van der Waals surface area contributed by atoms with Gasteiger partial charge in [0.15, 0.2) is 0 Å². The fourth-order valence-corrected chi connectivity index (χ4v) is 4.85. The second-order valence-corrected chi connectivity index (χ2v) is 8.77. The molecule has 4 rings (SSSR count). The van der Waals surface area contributed by atoms with E-state index in [0.29, 0.717) is 11.9 Å². The monoisotopic (exact) mass is 397 g/mol. The highest BCUT2D eigenvalue weighted by atomic mass is 16.2. The molecule has 0 spiro atoms. The van der Waals surface area contributed by atoms with E-state index in [4.69, 9.17) is 4.98 Å². The number of para-hydroxylation sites is 2. The zero-order valence-electron chi connectivity index (χ0n) is 18.2. The Hall–Kier alpha value is -1.92. The maximum atomic E-state index is 13.0. The van der Waals surface area contributed by atoms with Crippen molar-refractivity contribution >= 4 is 16.9 Å². The van der Waals surface area contributed by atoms with Gasteiger partial charge in [-0.1, -0.05) is 12.1 Å². The lowest BCUT2D eigenvalue weighted by Crippen LogP contribution is -2.53. The molecule has 29 heavy (non-hydrogen) atoms. The molecule has 3 heterocycles. The number of fused-ring (bicyclic) bond motifs is 1. The van der Waals surface area contributed by atoms with Gasteiger partial charge in [0.1, 0.15) is 5.82 Å². The summed E-state index contributed by atoms with van der Waals surface area (Å²) in [5.41, 5.74) is 2.30. The lowest BCUT2D eigenvalue weighted by atomic mass is 9.95. The van der Waals surface area contributed by atoms with Crippen LogP contribution in [0.5, 0.6) is 0 Å². The van der Waals surface area contributed by atoms with Crippen LogP contribution < -0.4 is 0 Å². The molecule has 158 valence electrons. The van der Waals surface area contributed by atoms with Gasteiger partial charge in [-0.15, -0.1) is 0 Å². The fraction of sp³-hybridized carbons (Fsp3) is 0.652. The van der Waals surface area contributed by atoms with Crippen LogP contribution in [-0.4, -0.2) is 75.5 Å². The highest BCUT2D eigenvalue weighted by molar-refractivity contribution is 5.79. The third kappa shape index (κ3) is 4.33. The zero-order chi connectivity index (χ0) is 20.4. The van der Waals surface area contributed by atoms with Crippen molar-refractivity contribution in [3.8, 4) is 0 Å². The Labute approximate surface area is 174 Å². The van der Waals surface area contributed by atoms with Crippen LogP contribution in [0.4, 0.5) is 0 Å². The molecule has 0 saturated carbocycles. The summed E-state index contributed by atoms with van der Waals surface area (Å²) in [6, 6.07) is 8.95. The molecule has 2 aliphatic rings. The molecule has 2 fully saturated rings. The third-order valence-electron chi connectivity index (χ3n) is 6.71. The van der Waals surface area contributed by atoms with Gasteiger partial charge in [0.05, 0.1) is 17.6 Å². The van der Waals surface area contributed by atoms with Crippen LogP contribution in [0.2, 0.25) is 0 Å². The third-order valence-corrected chi connectivity index (χ3v) is 6.71. The van der Waals surface area contributed by atoms with Crippen LogP contribution in [0.15, 0.2) is 24.3 Å². The molecule has 0 unspecified atom stereocenters. The van der Waals surface area contributed by atoms with Gasteiger partial charge in [0.2, 0.25) is 5.91 Å². The molecule has 1 aromatic carbocycles. The van der Waals surface area contributed by atoms with Crippen molar-refractivity contribution in [3.63, 3.8) is 0 Å². The van der Waals surface area contributed by atoms with Crippen molar-refractivity contribution < 1.29 is 4.79 Å². The number of imidazole rings is 1. The minimum Gasteiger partial charge on any atom is -0.340 e. The number of carbonyl (C=O) groups excluding carboxylic acids is 1. The summed E-state index contributed by atoms with van der Waals surface area (Å²) in [6.45, 7) is 14.2. The number of piperazine rings is 1. The van der Waals surface area contributed by atoms with E-state index in [9.17, 15) is 4.79 Å². The Bertz CT molecular complexity index is 829. The number of amides is 1. The molecule has 0 aliphatic carbocycles. The number of aromatic nitrogens is 2. The molecule has 1 amide bonds. The van der Waals surface area contributed by atoms with E-state index in [2.05, 4.69) is 64.3 Å². The minimum absolute atomic E-state index is 0.196. The number of likely N-dealkylation sites (tertiary alicyclic amines) is 1. The molecule has 0 atom stereocenters. The van der Waals surface area contributed by atoms with Crippen LogP contribution >= 0.6 is 0 Å². The molecular formula is C23H35N5O. The summed E-state index contributed by atoms with van der Waals surface area (Å²) in [7, 11) is 0. The van der Waals surface area contributed by atoms with Gasteiger partial charge in [0.25, 0.3) is 0 Å². The topological polar surface area (TPSA) is 44.6 Å². The van der Waals surface area contributed by atoms with Crippen LogP contribution in [0.25, 0.3) is 11.0 Å². The number of rotatable bonds is 5. The number of hydrogen-bond donors (Lipinski definition) is 0. The van der Waals surface area contributed by atoms with Crippen molar-refractivity contribution in [1.82, 2.24) is 24.3 Å². The number of carbonyl (C=O) groups is 1. The molecule has 2 aromatic rings. The first-order valence-electron chi connectivity index (χ1n) is 11.3.